The van der Waals surface area contributed by atoms with Crippen LogP contribution in [-0.4, -0.2) is 20.6 Å². The molecule has 0 unspecified atom stereocenters. The van der Waals surface area contributed by atoms with Crippen molar-refractivity contribution in [3.63, 3.8) is 0 Å². The fraction of sp³-hybridized carbons (Fsp3) is 0.0476. The summed E-state index contributed by atoms with van der Waals surface area (Å²) >= 11 is 0. The highest BCUT2D eigenvalue weighted by atomic mass is 16.5. The van der Waals surface area contributed by atoms with Crippen molar-refractivity contribution < 1.29 is 9.32 Å². The SMILES string of the molecule is O=C(Nc1ccccc1)c1ccc(Cn2c(-c3ccccn3)noc2=O)cc1. The lowest BCUT2D eigenvalue weighted by Crippen LogP contribution is -2.17. The summed E-state index contributed by atoms with van der Waals surface area (Å²) < 4.78 is 6.21. The van der Waals surface area contributed by atoms with Gasteiger partial charge in [-0.05, 0) is 42.0 Å². The Morgan fingerprint density at radius 1 is 0.964 bits per heavy atom. The minimum atomic E-state index is -0.563. The van der Waals surface area contributed by atoms with Crippen LogP contribution in [0.25, 0.3) is 11.5 Å². The van der Waals surface area contributed by atoms with Gasteiger partial charge in [0.15, 0.2) is 0 Å². The molecule has 138 valence electrons. The lowest BCUT2D eigenvalue weighted by Gasteiger charge is -2.07. The van der Waals surface area contributed by atoms with Gasteiger partial charge in [0.05, 0.1) is 6.54 Å². The number of nitrogens with zero attached hydrogens (tertiary/aromatic N) is 3. The maximum absolute atomic E-state index is 12.3. The lowest BCUT2D eigenvalue weighted by atomic mass is 10.1. The van der Waals surface area contributed by atoms with Gasteiger partial charge < -0.3 is 5.32 Å². The van der Waals surface area contributed by atoms with Crippen LogP contribution in [0.4, 0.5) is 5.69 Å². The number of carbonyl (C=O) groups excluding carboxylic acids is 1. The van der Waals surface area contributed by atoms with Crippen LogP contribution in [0.1, 0.15) is 15.9 Å². The smallest absolute Gasteiger partial charge is 0.322 e. The highest BCUT2D eigenvalue weighted by Gasteiger charge is 2.14. The van der Waals surface area contributed by atoms with E-state index in [-0.39, 0.29) is 12.5 Å². The first-order chi connectivity index (χ1) is 13.7. The number of pyridine rings is 1. The van der Waals surface area contributed by atoms with E-state index in [1.807, 2.05) is 36.4 Å². The fourth-order valence-corrected chi connectivity index (χ4v) is 2.76. The molecule has 0 saturated carbocycles. The number of anilines is 1. The molecular formula is C21H16N4O3. The van der Waals surface area contributed by atoms with Gasteiger partial charge in [-0.3, -0.25) is 18.9 Å². The van der Waals surface area contributed by atoms with Crippen molar-refractivity contribution >= 4 is 11.6 Å². The zero-order valence-corrected chi connectivity index (χ0v) is 14.8. The summed E-state index contributed by atoms with van der Waals surface area (Å²) in [4.78, 5) is 28.6. The van der Waals surface area contributed by atoms with E-state index in [1.54, 1.807) is 42.6 Å². The summed E-state index contributed by atoms with van der Waals surface area (Å²) in [5, 5.41) is 6.66. The maximum Gasteiger partial charge on any atom is 0.442 e. The van der Waals surface area contributed by atoms with Gasteiger partial charge in [0.25, 0.3) is 5.91 Å². The monoisotopic (exact) mass is 372 g/mol. The number of benzene rings is 2. The third kappa shape index (κ3) is 3.73. The van der Waals surface area contributed by atoms with Crippen LogP contribution >= 0.6 is 0 Å². The molecule has 7 heteroatoms. The van der Waals surface area contributed by atoms with Crippen LogP contribution < -0.4 is 11.1 Å². The minimum absolute atomic E-state index is 0.200. The first-order valence-corrected chi connectivity index (χ1v) is 8.64. The standard InChI is InChI=1S/C21H16N4O3/c26-20(23-17-6-2-1-3-7-17)16-11-9-15(10-12-16)14-25-19(24-28-21(25)27)18-8-4-5-13-22-18/h1-13H,14H2,(H,23,26). The average molecular weight is 372 g/mol. The quantitative estimate of drug-likeness (QED) is 0.581. The van der Waals surface area contributed by atoms with Crippen LogP contribution in [0.5, 0.6) is 0 Å². The van der Waals surface area contributed by atoms with E-state index in [0.29, 0.717) is 17.1 Å². The van der Waals surface area contributed by atoms with E-state index in [9.17, 15) is 9.59 Å². The molecule has 7 nitrogen and oxygen atoms in total. The van der Waals surface area contributed by atoms with Gasteiger partial charge in [-0.2, -0.15) is 0 Å². The minimum Gasteiger partial charge on any atom is -0.322 e. The molecule has 0 aliphatic heterocycles. The Labute approximate surface area is 160 Å². The molecule has 0 atom stereocenters. The summed E-state index contributed by atoms with van der Waals surface area (Å²) in [5.74, 6) is -0.405. The summed E-state index contributed by atoms with van der Waals surface area (Å²) in [7, 11) is 0. The van der Waals surface area contributed by atoms with Gasteiger partial charge in [-0.15, -0.1) is 0 Å². The van der Waals surface area contributed by atoms with Crippen LogP contribution in [0.15, 0.2) is 88.3 Å². The summed E-state index contributed by atoms with van der Waals surface area (Å²) in [6.07, 6.45) is 1.62. The normalized spacial score (nSPS) is 10.6. The van der Waals surface area contributed by atoms with Crippen LogP contribution in [0.2, 0.25) is 0 Å². The predicted octanol–water partition coefficient (Wildman–Crippen LogP) is 3.20. The number of rotatable bonds is 5. The van der Waals surface area contributed by atoms with Crippen molar-refractivity contribution in [1.82, 2.24) is 14.7 Å². The largest absolute Gasteiger partial charge is 0.442 e. The Kier molecular flexibility index (Phi) is 4.79. The van der Waals surface area contributed by atoms with E-state index < -0.39 is 5.76 Å². The van der Waals surface area contributed by atoms with Gasteiger partial charge >= 0.3 is 5.76 Å². The van der Waals surface area contributed by atoms with Crippen molar-refractivity contribution in [2.24, 2.45) is 0 Å². The maximum atomic E-state index is 12.3. The molecule has 2 heterocycles. The van der Waals surface area contributed by atoms with Crippen molar-refractivity contribution in [3.8, 4) is 11.5 Å². The second kappa shape index (κ2) is 7.71. The molecule has 0 aliphatic carbocycles. The molecule has 2 aromatic carbocycles. The van der Waals surface area contributed by atoms with Gasteiger partial charge in [0, 0.05) is 17.4 Å². The van der Waals surface area contributed by atoms with E-state index in [2.05, 4.69) is 15.5 Å². The lowest BCUT2D eigenvalue weighted by molar-refractivity contribution is 0.102. The Hall–Kier alpha value is -4.00. The van der Waals surface area contributed by atoms with Gasteiger partial charge in [-0.25, -0.2) is 4.79 Å². The fourth-order valence-electron chi connectivity index (χ4n) is 2.76. The number of nitrogens with one attached hydrogen (secondary N) is 1. The number of hydrogen-bond acceptors (Lipinski definition) is 5. The van der Waals surface area contributed by atoms with Crippen LogP contribution in [-0.2, 0) is 6.54 Å². The summed E-state index contributed by atoms with van der Waals surface area (Å²) in [6, 6.07) is 21.6. The van der Waals surface area contributed by atoms with Gasteiger partial charge in [0.2, 0.25) is 5.82 Å². The molecule has 0 radical (unpaired) electrons. The molecule has 4 aromatic rings. The Morgan fingerprint density at radius 3 is 2.43 bits per heavy atom. The summed E-state index contributed by atoms with van der Waals surface area (Å²) in [6.45, 7) is 0.259. The number of aromatic nitrogens is 3. The Bertz CT molecular complexity index is 1130. The first-order valence-electron chi connectivity index (χ1n) is 8.64. The highest BCUT2D eigenvalue weighted by molar-refractivity contribution is 6.04. The molecule has 0 spiro atoms. The molecule has 0 bridgehead atoms. The zero-order chi connectivity index (χ0) is 19.3. The molecule has 0 fully saturated rings. The average Bonchev–Trinajstić information content (AvgIpc) is 3.10. The molecule has 28 heavy (non-hydrogen) atoms. The van der Waals surface area contributed by atoms with Crippen LogP contribution in [0, 0.1) is 0 Å². The molecule has 1 amide bonds. The number of carbonyl (C=O) groups is 1. The molecule has 4 rings (SSSR count). The topological polar surface area (TPSA) is 90.0 Å². The molecule has 2 aromatic heterocycles. The Balaban J connectivity index is 1.52. The third-order valence-corrected chi connectivity index (χ3v) is 4.17. The van der Waals surface area contributed by atoms with Gasteiger partial charge in [0.1, 0.15) is 5.69 Å². The van der Waals surface area contributed by atoms with Crippen molar-refractivity contribution in [3.05, 3.63) is 101 Å². The molecule has 0 saturated heterocycles. The van der Waals surface area contributed by atoms with E-state index >= 15 is 0 Å². The number of para-hydroxylation sites is 1. The van der Waals surface area contributed by atoms with E-state index in [4.69, 9.17) is 4.52 Å². The van der Waals surface area contributed by atoms with Crippen molar-refractivity contribution in [1.29, 1.82) is 0 Å². The van der Waals surface area contributed by atoms with E-state index in [0.717, 1.165) is 11.3 Å². The van der Waals surface area contributed by atoms with Crippen molar-refractivity contribution in [2.75, 3.05) is 5.32 Å². The second-order valence-electron chi connectivity index (χ2n) is 6.09. The molecular weight excluding hydrogens is 356 g/mol. The predicted molar refractivity (Wildman–Crippen MR) is 104 cm³/mol. The Morgan fingerprint density at radius 2 is 1.71 bits per heavy atom. The van der Waals surface area contributed by atoms with Gasteiger partial charge in [-0.1, -0.05) is 41.6 Å². The number of amides is 1. The summed E-state index contributed by atoms with van der Waals surface area (Å²) in [5.41, 5.74) is 2.63. The molecule has 1 N–H and O–H groups in total. The highest BCUT2D eigenvalue weighted by Crippen LogP contribution is 2.15. The molecule has 0 aliphatic rings. The third-order valence-electron chi connectivity index (χ3n) is 4.17. The zero-order valence-electron chi connectivity index (χ0n) is 14.8. The second-order valence-corrected chi connectivity index (χ2v) is 6.09. The van der Waals surface area contributed by atoms with Crippen LogP contribution in [0.3, 0.4) is 0 Å². The van der Waals surface area contributed by atoms with E-state index in [1.165, 1.54) is 4.57 Å². The first kappa shape index (κ1) is 17.4. The van der Waals surface area contributed by atoms with Crippen molar-refractivity contribution in [2.45, 2.75) is 6.54 Å². The number of hydrogen-bond donors (Lipinski definition) is 1.